The number of aryl methyl sites for hydroxylation is 1. The number of sulfonamides is 1. The summed E-state index contributed by atoms with van der Waals surface area (Å²) in [7, 11) is -2.02. The van der Waals surface area contributed by atoms with Crippen LogP contribution in [-0.2, 0) is 17.1 Å². The van der Waals surface area contributed by atoms with Gasteiger partial charge in [-0.05, 0) is 28.1 Å². The fraction of sp³-hybridized carbons (Fsp3) is 0.0769. The average molecular weight is 367 g/mol. The molecule has 3 rings (SSSR count). The van der Waals surface area contributed by atoms with Crippen LogP contribution in [-0.4, -0.2) is 23.0 Å². The lowest BCUT2D eigenvalue weighted by atomic mass is 10.2. The van der Waals surface area contributed by atoms with Gasteiger partial charge in [-0.2, -0.15) is 8.42 Å². The number of pyridine rings is 1. The Kier molecular flexibility index (Phi) is 3.42. The molecule has 2 aromatic heterocycles. The minimum Gasteiger partial charge on any atom is -0.339 e. The Morgan fingerprint density at radius 3 is 2.81 bits per heavy atom. The smallest absolute Gasteiger partial charge is 0.281 e. The molecule has 8 heteroatoms. The van der Waals surface area contributed by atoms with E-state index in [0.29, 0.717) is 11.2 Å². The number of imidazole rings is 1. The van der Waals surface area contributed by atoms with Crippen LogP contribution < -0.4 is 4.72 Å². The molecule has 1 N–H and O–H groups in total. The summed E-state index contributed by atoms with van der Waals surface area (Å²) in [6.45, 7) is 0. The van der Waals surface area contributed by atoms with Crippen LogP contribution in [0.25, 0.3) is 10.9 Å². The number of halogens is 1. The largest absolute Gasteiger partial charge is 0.339 e. The molecule has 0 aliphatic rings. The van der Waals surface area contributed by atoms with Crippen LogP contribution in [0.15, 0.2) is 52.5 Å². The highest BCUT2D eigenvalue weighted by Gasteiger charge is 2.18. The van der Waals surface area contributed by atoms with Crippen molar-refractivity contribution in [3.8, 4) is 0 Å². The van der Waals surface area contributed by atoms with Crippen molar-refractivity contribution in [2.75, 3.05) is 4.72 Å². The van der Waals surface area contributed by atoms with Gasteiger partial charge < -0.3 is 4.57 Å². The lowest BCUT2D eigenvalue weighted by Gasteiger charge is -2.08. The van der Waals surface area contributed by atoms with Gasteiger partial charge in [-0.1, -0.05) is 12.1 Å². The van der Waals surface area contributed by atoms with E-state index >= 15 is 0 Å². The molecule has 21 heavy (non-hydrogen) atoms. The van der Waals surface area contributed by atoms with Crippen LogP contribution in [0.2, 0.25) is 0 Å². The molecule has 1 aromatic carbocycles. The van der Waals surface area contributed by atoms with Crippen molar-refractivity contribution in [1.82, 2.24) is 14.5 Å². The Labute approximate surface area is 130 Å². The van der Waals surface area contributed by atoms with Gasteiger partial charge in [0.05, 0.1) is 17.5 Å². The van der Waals surface area contributed by atoms with E-state index in [0.717, 1.165) is 9.86 Å². The third-order valence-corrected chi connectivity index (χ3v) is 4.56. The normalized spacial score (nSPS) is 11.7. The summed E-state index contributed by atoms with van der Waals surface area (Å²) in [4.78, 5) is 8.13. The fourth-order valence-electron chi connectivity index (χ4n) is 1.94. The van der Waals surface area contributed by atoms with E-state index in [4.69, 9.17) is 0 Å². The topological polar surface area (TPSA) is 76.9 Å². The van der Waals surface area contributed by atoms with Crippen LogP contribution in [0.4, 0.5) is 5.69 Å². The van der Waals surface area contributed by atoms with Gasteiger partial charge in [-0.3, -0.25) is 9.71 Å². The molecule has 0 unspecified atom stereocenters. The average Bonchev–Trinajstić information content (AvgIpc) is 2.86. The fourth-order valence-corrected chi connectivity index (χ4v) is 3.34. The molecule has 3 aromatic rings. The molecule has 0 saturated heterocycles. The first kappa shape index (κ1) is 14.0. The summed E-state index contributed by atoms with van der Waals surface area (Å²) in [6, 6.07) is 7.18. The lowest BCUT2D eigenvalue weighted by Crippen LogP contribution is -2.13. The maximum absolute atomic E-state index is 12.3. The minimum absolute atomic E-state index is 0.0286. The Morgan fingerprint density at radius 1 is 1.29 bits per heavy atom. The SMILES string of the molecule is Cn1cnc(S(=O)(=O)Nc2cccc3cc(Br)cnc23)c1. The predicted octanol–water partition coefficient (Wildman–Crippen LogP) is 2.53. The summed E-state index contributed by atoms with van der Waals surface area (Å²) in [5, 5.41) is 0.810. The van der Waals surface area contributed by atoms with Crippen LogP contribution in [0.1, 0.15) is 0 Å². The number of aromatic nitrogens is 3. The Morgan fingerprint density at radius 2 is 2.10 bits per heavy atom. The van der Waals surface area contributed by atoms with Crippen molar-refractivity contribution in [2.45, 2.75) is 5.03 Å². The summed E-state index contributed by atoms with van der Waals surface area (Å²) in [5.41, 5.74) is 1.01. The minimum atomic E-state index is -3.73. The molecule has 6 nitrogen and oxygen atoms in total. The van der Waals surface area contributed by atoms with Crippen LogP contribution >= 0.6 is 15.9 Å². The molecular formula is C13H11BrN4O2S. The number of hydrogen-bond donors (Lipinski definition) is 1. The van der Waals surface area contributed by atoms with Crippen molar-refractivity contribution < 1.29 is 8.42 Å². The molecule has 0 radical (unpaired) electrons. The van der Waals surface area contributed by atoms with Crippen LogP contribution in [0.5, 0.6) is 0 Å². The highest BCUT2D eigenvalue weighted by Crippen LogP contribution is 2.25. The van der Waals surface area contributed by atoms with Gasteiger partial charge in [0.1, 0.15) is 0 Å². The third-order valence-electron chi connectivity index (χ3n) is 2.88. The number of nitrogens with zero attached hydrogens (tertiary/aromatic N) is 3. The van der Waals surface area contributed by atoms with Crippen molar-refractivity contribution in [2.24, 2.45) is 7.05 Å². The molecule has 108 valence electrons. The number of para-hydroxylation sites is 1. The molecule has 0 aliphatic heterocycles. The maximum atomic E-state index is 12.3. The van der Waals surface area contributed by atoms with Gasteiger partial charge in [-0.25, -0.2) is 4.98 Å². The van der Waals surface area contributed by atoms with E-state index in [2.05, 4.69) is 30.6 Å². The first-order chi connectivity index (χ1) is 9.95. The van der Waals surface area contributed by atoms with E-state index < -0.39 is 10.0 Å². The van der Waals surface area contributed by atoms with Crippen molar-refractivity contribution in [3.05, 3.63) is 47.5 Å². The summed E-state index contributed by atoms with van der Waals surface area (Å²) >= 11 is 3.34. The molecule has 0 saturated carbocycles. The Bertz CT molecular complexity index is 921. The van der Waals surface area contributed by atoms with Gasteiger partial charge in [0.25, 0.3) is 10.0 Å². The molecule has 0 amide bonds. The highest BCUT2D eigenvalue weighted by molar-refractivity contribution is 9.10. The Balaban J connectivity index is 2.06. The second kappa shape index (κ2) is 5.12. The van der Waals surface area contributed by atoms with Crippen molar-refractivity contribution in [3.63, 3.8) is 0 Å². The van der Waals surface area contributed by atoms with E-state index in [1.54, 1.807) is 29.9 Å². The third kappa shape index (κ3) is 2.77. The van der Waals surface area contributed by atoms with Crippen LogP contribution in [0.3, 0.4) is 0 Å². The number of rotatable bonds is 3. The van der Waals surface area contributed by atoms with E-state index in [-0.39, 0.29) is 5.03 Å². The van der Waals surface area contributed by atoms with Gasteiger partial charge in [-0.15, -0.1) is 0 Å². The molecular weight excluding hydrogens is 356 g/mol. The van der Waals surface area contributed by atoms with Crippen molar-refractivity contribution in [1.29, 1.82) is 0 Å². The number of benzene rings is 1. The van der Waals surface area contributed by atoms with Gasteiger partial charge in [0.2, 0.25) is 0 Å². The molecule has 0 aliphatic carbocycles. The Hall–Kier alpha value is -1.93. The van der Waals surface area contributed by atoms with Gasteiger partial charge in [0, 0.05) is 29.3 Å². The monoisotopic (exact) mass is 366 g/mol. The van der Waals surface area contributed by atoms with E-state index in [9.17, 15) is 8.42 Å². The number of nitrogens with one attached hydrogen (secondary N) is 1. The first-order valence-electron chi connectivity index (χ1n) is 6.01. The molecule has 0 spiro atoms. The van der Waals surface area contributed by atoms with E-state index in [1.165, 1.54) is 12.5 Å². The lowest BCUT2D eigenvalue weighted by molar-refractivity contribution is 0.598. The van der Waals surface area contributed by atoms with Crippen LogP contribution in [0, 0.1) is 0 Å². The van der Waals surface area contributed by atoms with Gasteiger partial charge >= 0.3 is 0 Å². The molecule has 0 atom stereocenters. The second-order valence-electron chi connectivity index (χ2n) is 4.51. The predicted molar refractivity (Wildman–Crippen MR) is 83.5 cm³/mol. The summed E-state index contributed by atoms with van der Waals surface area (Å²) in [5.74, 6) is 0. The first-order valence-corrected chi connectivity index (χ1v) is 8.28. The zero-order valence-electron chi connectivity index (χ0n) is 11.0. The zero-order chi connectivity index (χ0) is 15.0. The number of fused-ring (bicyclic) bond motifs is 1. The summed E-state index contributed by atoms with van der Waals surface area (Å²) in [6.07, 6.45) is 4.51. The molecule has 0 bridgehead atoms. The zero-order valence-corrected chi connectivity index (χ0v) is 13.4. The van der Waals surface area contributed by atoms with E-state index in [1.807, 2.05) is 12.1 Å². The van der Waals surface area contributed by atoms with Crippen molar-refractivity contribution >= 4 is 42.5 Å². The highest BCUT2D eigenvalue weighted by atomic mass is 79.9. The number of anilines is 1. The molecule has 0 fully saturated rings. The maximum Gasteiger partial charge on any atom is 0.281 e. The summed E-state index contributed by atoms with van der Waals surface area (Å²) < 4.78 is 29.5. The number of hydrogen-bond acceptors (Lipinski definition) is 4. The van der Waals surface area contributed by atoms with Gasteiger partial charge in [0.15, 0.2) is 5.03 Å². The standard InChI is InChI=1S/C13H11BrN4O2S/c1-18-7-12(16-8-18)21(19,20)17-11-4-2-3-9-5-10(14)6-15-13(9)11/h2-8,17H,1H3. The quantitative estimate of drug-likeness (QED) is 0.772. The molecule has 2 heterocycles. The second-order valence-corrected chi connectivity index (χ2v) is 7.06.